The summed E-state index contributed by atoms with van der Waals surface area (Å²) in [6, 6.07) is 22.7. The molecule has 0 saturated carbocycles. The molecule has 3 aromatic rings. The first-order valence-electron chi connectivity index (χ1n) is 6.89. The largest absolute Gasteiger partial charge is 0.276 e. The lowest BCUT2D eigenvalue weighted by atomic mass is 10.0. The molecule has 0 unspecified atom stereocenters. The molecule has 1 N–H and O–H groups in total. The molecule has 1 heterocycles. The fraction of sp³-hybridized carbons (Fsp3) is 0. The summed E-state index contributed by atoms with van der Waals surface area (Å²) in [5.74, 6) is -0.513. The lowest BCUT2D eigenvalue weighted by Gasteiger charge is -2.08. The highest BCUT2D eigenvalue weighted by molar-refractivity contribution is 6.13. The predicted molar refractivity (Wildman–Crippen MR) is 86.3 cm³/mol. The molecule has 0 spiro atoms. The van der Waals surface area contributed by atoms with Crippen molar-refractivity contribution in [2.45, 2.75) is 0 Å². The third-order valence-electron chi connectivity index (χ3n) is 3.12. The first kappa shape index (κ1) is 13.9. The molecule has 0 saturated heterocycles. The Kier molecular flexibility index (Phi) is 4.20. The van der Waals surface area contributed by atoms with Crippen molar-refractivity contribution < 1.29 is 4.39 Å². The average Bonchev–Trinajstić information content (AvgIpc) is 2.59. The molecule has 0 radical (unpaired) electrons. The van der Waals surface area contributed by atoms with Gasteiger partial charge in [0, 0.05) is 11.1 Å². The van der Waals surface area contributed by atoms with Crippen molar-refractivity contribution in [3.05, 3.63) is 96.1 Å². The minimum atomic E-state index is -0.513. The van der Waals surface area contributed by atoms with Crippen molar-refractivity contribution >= 4 is 11.4 Å². The lowest BCUT2D eigenvalue weighted by Crippen LogP contribution is -2.06. The number of hydrazone groups is 1. The second kappa shape index (κ2) is 6.63. The van der Waals surface area contributed by atoms with E-state index in [-0.39, 0.29) is 0 Å². The van der Waals surface area contributed by atoms with E-state index in [1.807, 2.05) is 60.7 Å². The van der Waals surface area contributed by atoms with Gasteiger partial charge in [0.25, 0.3) is 0 Å². The topological polar surface area (TPSA) is 37.3 Å². The molecule has 2 aromatic carbocycles. The molecular formula is C18H14FN3. The van der Waals surface area contributed by atoms with Crippen LogP contribution in [0.2, 0.25) is 0 Å². The van der Waals surface area contributed by atoms with Gasteiger partial charge in [0.05, 0.1) is 17.6 Å². The summed E-state index contributed by atoms with van der Waals surface area (Å²) in [7, 11) is 0. The lowest BCUT2D eigenvalue weighted by molar-refractivity contribution is 0.584. The molecule has 3 nitrogen and oxygen atoms in total. The van der Waals surface area contributed by atoms with Gasteiger partial charge in [-0.1, -0.05) is 60.7 Å². The predicted octanol–water partition coefficient (Wildman–Crippen LogP) is 4.09. The molecule has 0 fully saturated rings. The minimum absolute atomic E-state index is 0.513. The number of hydrogen-bond donors (Lipinski definition) is 1. The van der Waals surface area contributed by atoms with Gasteiger partial charge >= 0.3 is 0 Å². The van der Waals surface area contributed by atoms with Crippen LogP contribution in [0.5, 0.6) is 0 Å². The quantitative estimate of drug-likeness (QED) is 0.446. The van der Waals surface area contributed by atoms with E-state index in [0.717, 1.165) is 16.8 Å². The summed E-state index contributed by atoms with van der Waals surface area (Å²) in [4.78, 5) is 3.60. The molecule has 0 atom stereocenters. The van der Waals surface area contributed by atoms with E-state index in [9.17, 15) is 4.39 Å². The second-order valence-corrected chi connectivity index (χ2v) is 4.67. The van der Waals surface area contributed by atoms with Gasteiger partial charge in [0.1, 0.15) is 0 Å². The van der Waals surface area contributed by atoms with Gasteiger partial charge in [0.15, 0.2) is 0 Å². The third-order valence-corrected chi connectivity index (χ3v) is 3.12. The highest BCUT2D eigenvalue weighted by Crippen LogP contribution is 2.12. The van der Waals surface area contributed by atoms with Gasteiger partial charge in [-0.15, -0.1) is 0 Å². The Hall–Kier alpha value is -3.01. The Morgan fingerprint density at radius 3 is 1.91 bits per heavy atom. The van der Waals surface area contributed by atoms with E-state index in [0.29, 0.717) is 5.69 Å². The zero-order valence-electron chi connectivity index (χ0n) is 11.8. The zero-order chi connectivity index (χ0) is 15.2. The van der Waals surface area contributed by atoms with E-state index in [4.69, 9.17) is 0 Å². The number of anilines is 1. The molecule has 3 rings (SSSR count). The Morgan fingerprint density at radius 1 is 0.818 bits per heavy atom. The van der Waals surface area contributed by atoms with Crippen molar-refractivity contribution in [3.8, 4) is 0 Å². The molecule has 0 aliphatic heterocycles. The molecule has 108 valence electrons. The number of aromatic nitrogens is 1. The van der Waals surface area contributed by atoms with Crippen molar-refractivity contribution in [1.82, 2.24) is 4.98 Å². The Labute approximate surface area is 128 Å². The van der Waals surface area contributed by atoms with Gasteiger partial charge in [-0.2, -0.15) is 9.49 Å². The number of hydrogen-bond acceptors (Lipinski definition) is 3. The number of nitrogens with zero attached hydrogens (tertiary/aromatic N) is 2. The van der Waals surface area contributed by atoms with Crippen LogP contribution < -0.4 is 5.43 Å². The fourth-order valence-electron chi connectivity index (χ4n) is 2.05. The van der Waals surface area contributed by atoms with Crippen molar-refractivity contribution in [1.29, 1.82) is 0 Å². The van der Waals surface area contributed by atoms with Crippen LogP contribution in [0.1, 0.15) is 11.1 Å². The minimum Gasteiger partial charge on any atom is -0.276 e. The normalized spacial score (nSPS) is 10.0. The van der Waals surface area contributed by atoms with Crippen LogP contribution in [0.3, 0.4) is 0 Å². The highest BCUT2D eigenvalue weighted by Gasteiger charge is 2.06. The van der Waals surface area contributed by atoms with Crippen LogP contribution in [-0.2, 0) is 0 Å². The van der Waals surface area contributed by atoms with E-state index < -0.39 is 5.95 Å². The van der Waals surface area contributed by atoms with Gasteiger partial charge in [-0.05, 0) is 12.1 Å². The van der Waals surface area contributed by atoms with Crippen molar-refractivity contribution in [2.75, 3.05) is 5.43 Å². The van der Waals surface area contributed by atoms with Crippen molar-refractivity contribution in [3.63, 3.8) is 0 Å². The van der Waals surface area contributed by atoms with Gasteiger partial charge in [-0.25, -0.2) is 4.98 Å². The van der Waals surface area contributed by atoms with Crippen LogP contribution in [-0.4, -0.2) is 10.7 Å². The fourth-order valence-corrected chi connectivity index (χ4v) is 2.05. The summed E-state index contributed by atoms with van der Waals surface area (Å²) in [5.41, 5.74) is 6.36. The van der Waals surface area contributed by atoms with E-state index in [1.165, 1.54) is 12.3 Å². The third kappa shape index (κ3) is 3.35. The SMILES string of the molecule is Fc1ccc(NN=C(c2ccccc2)c2ccccc2)cn1. The molecular weight excluding hydrogens is 277 g/mol. The Bertz CT molecular complexity index is 712. The summed E-state index contributed by atoms with van der Waals surface area (Å²) in [5, 5.41) is 4.47. The smallest absolute Gasteiger partial charge is 0.212 e. The number of benzene rings is 2. The monoisotopic (exact) mass is 291 g/mol. The van der Waals surface area contributed by atoms with Gasteiger partial charge in [-0.3, -0.25) is 5.43 Å². The molecule has 1 aromatic heterocycles. The zero-order valence-corrected chi connectivity index (χ0v) is 11.8. The molecule has 4 heteroatoms. The van der Waals surface area contributed by atoms with Crippen LogP contribution >= 0.6 is 0 Å². The maximum atomic E-state index is 12.8. The standard InChI is InChI=1S/C18H14FN3/c19-17-12-11-16(13-20-17)21-22-18(14-7-3-1-4-8-14)15-9-5-2-6-10-15/h1-13,21H. The summed E-state index contributed by atoms with van der Waals surface area (Å²) in [6.07, 6.45) is 1.41. The highest BCUT2D eigenvalue weighted by atomic mass is 19.1. The first-order valence-corrected chi connectivity index (χ1v) is 6.89. The summed E-state index contributed by atoms with van der Waals surface area (Å²) in [6.45, 7) is 0. The first-order chi connectivity index (χ1) is 10.8. The van der Waals surface area contributed by atoms with E-state index in [2.05, 4.69) is 15.5 Å². The molecule has 0 aliphatic rings. The number of pyridine rings is 1. The summed E-state index contributed by atoms with van der Waals surface area (Å²) < 4.78 is 12.8. The molecule has 0 amide bonds. The number of nitrogens with one attached hydrogen (secondary N) is 1. The van der Waals surface area contributed by atoms with Gasteiger partial charge in [0.2, 0.25) is 5.95 Å². The summed E-state index contributed by atoms with van der Waals surface area (Å²) >= 11 is 0. The van der Waals surface area contributed by atoms with E-state index in [1.54, 1.807) is 6.07 Å². The maximum Gasteiger partial charge on any atom is 0.212 e. The second-order valence-electron chi connectivity index (χ2n) is 4.67. The van der Waals surface area contributed by atoms with Crippen LogP contribution in [0, 0.1) is 5.95 Å². The van der Waals surface area contributed by atoms with Crippen LogP contribution in [0.15, 0.2) is 84.1 Å². The molecule has 22 heavy (non-hydrogen) atoms. The van der Waals surface area contributed by atoms with Crippen LogP contribution in [0.4, 0.5) is 10.1 Å². The molecule has 0 aliphatic carbocycles. The number of rotatable bonds is 4. The number of halogens is 1. The Morgan fingerprint density at radius 2 is 1.41 bits per heavy atom. The Balaban J connectivity index is 1.95. The maximum absolute atomic E-state index is 12.8. The molecule has 0 bridgehead atoms. The van der Waals surface area contributed by atoms with Gasteiger partial charge < -0.3 is 0 Å². The average molecular weight is 291 g/mol. The van der Waals surface area contributed by atoms with Crippen molar-refractivity contribution in [2.24, 2.45) is 5.10 Å². The van der Waals surface area contributed by atoms with Crippen LogP contribution in [0.25, 0.3) is 0 Å². The van der Waals surface area contributed by atoms with E-state index >= 15 is 0 Å².